The highest BCUT2D eigenvalue weighted by molar-refractivity contribution is 5.76. The third kappa shape index (κ3) is 3.56. The second-order valence-electron chi connectivity index (χ2n) is 3.42. The van der Waals surface area contributed by atoms with Gasteiger partial charge in [0.1, 0.15) is 0 Å². The van der Waals surface area contributed by atoms with Crippen molar-refractivity contribution in [2.45, 2.75) is 40.5 Å². The Morgan fingerprint density at radius 2 is 1.92 bits per heavy atom. The van der Waals surface area contributed by atoms with Gasteiger partial charge in [0.2, 0.25) is 5.91 Å². The van der Waals surface area contributed by atoms with E-state index in [-0.39, 0.29) is 5.91 Å². The van der Waals surface area contributed by atoms with Crippen molar-refractivity contribution in [1.82, 2.24) is 0 Å². The Labute approximate surface area is 74.8 Å². The van der Waals surface area contributed by atoms with E-state index in [1.807, 2.05) is 6.92 Å². The summed E-state index contributed by atoms with van der Waals surface area (Å²) in [5, 5.41) is 0. The van der Waals surface area contributed by atoms with E-state index in [1.54, 1.807) is 0 Å². The van der Waals surface area contributed by atoms with Crippen molar-refractivity contribution in [3.63, 3.8) is 0 Å². The van der Waals surface area contributed by atoms with E-state index in [1.165, 1.54) is 5.57 Å². The van der Waals surface area contributed by atoms with Gasteiger partial charge in [-0.05, 0) is 26.2 Å². The minimum absolute atomic E-state index is 0.241. The summed E-state index contributed by atoms with van der Waals surface area (Å²) in [4.78, 5) is 10.6. The Balaban J connectivity index is 4.34. The van der Waals surface area contributed by atoms with Crippen LogP contribution in [0.5, 0.6) is 0 Å². The van der Waals surface area contributed by atoms with Crippen LogP contribution in [0.25, 0.3) is 0 Å². The van der Waals surface area contributed by atoms with Crippen LogP contribution in [-0.2, 0) is 4.79 Å². The number of allylic oxidation sites excluding steroid dienone is 1. The summed E-state index contributed by atoms with van der Waals surface area (Å²) in [5.41, 5.74) is 7.52. The fourth-order valence-corrected chi connectivity index (χ4v) is 1.13. The van der Waals surface area contributed by atoms with Crippen LogP contribution in [0.4, 0.5) is 0 Å². The van der Waals surface area contributed by atoms with Crippen molar-refractivity contribution >= 4 is 5.91 Å². The lowest BCUT2D eigenvalue weighted by Crippen LogP contribution is -2.12. The molecule has 1 unspecified atom stereocenters. The number of carbonyl (C=O) groups is 1. The molecule has 0 bridgehead atoms. The minimum Gasteiger partial charge on any atom is -0.369 e. The fourth-order valence-electron chi connectivity index (χ4n) is 1.13. The lowest BCUT2D eigenvalue weighted by Gasteiger charge is -2.12. The van der Waals surface area contributed by atoms with Crippen molar-refractivity contribution in [1.29, 1.82) is 0 Å². The predicted molar refractivity (Wildman–Crippen MR) is 51.6 cm³/mol. The van der Waals surface area contributed by atoms with Gasteiger partial charge in [0, 0.05) is 6.42 Å². The van der Waals surface area contributed by atoms with E-state index >= 15 is 0 Å². The summed E-state index contributed by atoms with van der Waals surface area (Å²) in [6, 6.07) is 0. The third-order valence-electron chi connectivity index (χ3n) is 2.46. The van der Waals surface area contributed by atoms with Crippen molar-refractivity contribution in [3.05, 3.63) is 11.1 Å². The van der Waals surface area contributed by atoms with Gasteiger partial charge in [-0.3, -0.25) is 4.79 Å². The van der Waals surface area contributed by atoms with Gasteiger partial charge in [0.15, 0.2) is 0 Å². The monoisotopic (exact) mass is 169 g/mol. The van der Waals surface area contributed by atoms with E-state index in [0.29, 0.717) is 12.3 Å². The highest BCUT2D eigenvalue weighted by atomic mass is 16.1. The number of hydrogen-bond acceptors (Lipinski definition) is 1. The van der Waals surface area contributed by atoms with Crippen LogP contribution in [0.15, 0.2) is 11.1 Å². The molecule has 12 heavy (non-hydrogen) atoms. The smallest absolute Gasteiger partial charge is 0.221 e. The molecule has 0 aromatic rings. The molecule has 2 nitrogen and oxygen atoms in total. The molecule has 0 fully saturated rings. The Kier molecular flexibility index (Phi) is 4.64. The largest absolute Gasteiger partial charge is 0.369 e. The quantitative estimate of drug-likeness (QED) is 0.644. The molecule has 0 saturated heterocycles. The van der Waals surface area contributed by atoms with E-state index in [4.69, 9.17) is 5.73 Å². The Bertz CT molecular complexity index is 194. The van der Waals surface area contributed by atoms with Gasteiger partial charge in [0.25, 0.3) is 0 Å². The first-order chi connectivity index (χ1) is 5.49. The van der Waals surface area contributed by atoms with Gasteiger partial charge in [-0.25, -0.2) is 0 Å². The second kappa shape index (κ2) is 4.96. The van der Waals surface area contributed by atoms with Crippen LogP contribution in [0.1, 0.15) is 40.5 Å². The van der Waals surface area contributed by atoms with Gasteiger partial charge in [-0.1, -0.05) is 25.0 Å². The number of nitrogens with two attached hydrogens (primary N) is 1. The molecule has 2 N–H and O–H groups in total. The second-order valence-corrected chi connectivity index (χ2v) is 3.42. The van der Waals surface area contributed by atoms with Gasteiger partial charge in [-0.15, -0.1) is 0 Å². The molecule has 0 spiro atoms. The molecule has 0 radical (unpaired) electrons. The molecule has 0 aliphatic carbocycles. The molecule has 0 aliphatic heterocycles. The van der Waals surface area contributed by atoms with Crippen LogP contribution in [0.2, 0.25) is 0 Å². The molecule has 0 rings (SSSR count). The SMILES string of the molecule is CCC(C)C(C)=C(C)CC(N)=O. The molecular formula is C10H19NO. The average Bonchev–Trinajstić information content (AvgIpc) is 2.00. The summed E-state index contributed by atoms with van der Waals surface area (Å²) in [5.74, 6) is 0.319. The van der Waals surface area contributed by atoms with E-state index in [2.05, 4.69) is 20.8 Å². The zero-order valence-electron chi connectivity index (χ0n) is 8.48. The zero-order valence-corrected chi connectivity index (χ0v) is 8.48. The summed E-state index contributed by atoms with van der Waals surface area (Å²) < 4.78 is 0. The Hall–Kier alpha value is -0.790. The Morgan fingerprint density at radius 1 is 1.42 bits per heavy atom. The minimum atomic E-state index is -0.241. The summed E-state index contributed by atoms with van der Waals surface area (Å²) in [7, 11) is 0. The maximum Gasteiger partial charge on any atom is 0.221 e. The molecule has 0 aromatic heterocycles. The summed E-state index contributed by atoms with van der Waals surface area (Å²) in [6.07, 6.45) is 1.51. The van der Waals surface area contributed by atoms with Crippen LogP contribution in [0.3, 0.4) is 0 Å². The van der Waals surface area contributed by atoms with Crippen LogP contribution < -0.4 is 5.73 Å². The first-order valence-electron chi connectivity index (χ1n) is 4.43. The summed E-state index contributed by atoms with van der Waals surface area (Å²) in [6.45, 7) is 8.37. The first kappa shape index (κ1) is 11.2. The first-order valence-corrected chi connectivity index (χ1v) is 4.43. The number of hydrogen-bond donors (Lipinski definition) is 1. The fraction of sp³-hybridized carbons (Fsp3) is 0.700. The van der Waals surface area contributed by atoms with Crippen LogP contribution in [-0.4, -0.2) is 5.91 Å². The van der Waals surface area contributed by atoms with Gasteiger partial charge < -0.3 is 5.73 Å². The number of carbonyl (C=O) groups excluding carboxylic acids is 1. The highest BCUT2D eigenvalue weighted by Crippen LogP contribution is 2.19. The van der Waals surface area contributed by atoms with E-state index < -0.39 is 0 Å². The van der Waals surface area contributed by atoms with Crippen molar-refractivity contribution in [2.24, 2.45) is 11.7 Å². The van der Waals surface area contributed by atoms with E-state index in [0.717, 1.165) is 12.0 Å². The predicted octanol–water partition coefficient (Wildman–Crippen LogP) is 2.24. The van der Waals surface area contributed by atoms with Crippen LogP contribution >= 0.6 is 0 Å². The highest BCUT2D eigenvalue weighted by Gasteiger charge is 2.06. The molecule has 0 saturated carbocycles. The maximum atomic E-state index is 10.6. The number of primary amides is 1. The number of rotatable bonds is 4. The van der Waals surface area contributed by atoms with Gasteiger partial charge >= 0.3 is 0 Å². The Morgan fingerprint density at radius 3 is 2.25 bits per heavy atom. The maximum absolute atomic E-state index is 10.6. The third-order valence-corrected chi connectivity index (χ3v) is 2.46. The average molecular weight is 169 g/mol. The molecule has 0 aromatic carbocycles. The van der Waals surface area contributed by atoms with E-state index in [9.17, 15) is 4.79 Å². The molecule has 1 atom stereocenters. The van der Waals surface area contributed by atoms with Gasteiger partial charge in [-0.2, -0.15) is 0 Å². The molecular weight excluding hydrogens is 150 g/mol. The van der Waals surface area contributed by atoms with Crippen molar-refractivity contribution in [2.75, 3.05) is 0 Å². The van der Waals surface area contributed by atoms with Crippen molar-refractivity contribution < 1.29 is 4.79 Å². The lowest BCUT2D eigenvalue weighted by molar-refractivity contribution is -0.117. The molecule has 0 heterocycles. The number of amides is 1. The summed E-state index contributed by atoms with van der Waals surface area (Å²) >= 11 is 0. The van der Waals surface area contributed by atoms with Crippen molar-refractivity contribution in [3.8, 4) is 0 Å². The normalized spacial score (nSPS) is 15.3. The van der Waals surface area contributed by atoms with Crippen LogP contribution in [0, 0.1) is 5.92 Å². The molecule has 0 aliphatic rings. The van der Waals surface area contributed by atoms with Gasteiger partial charge in [0.05, 0.1) is 0 Å². The topological polar surface area (TPSA) is 43.1 Å². The zero-order chi connectivity index (χ0) is 9.72. The standard InChI is InChI=1S/C10H19NO/c1-5-7(2)9(4)8(3)6-10(11)12/h7H,5-6H2,1-4H3,(H2,11,12). The lowest BCUT2D eigenvalue weighted by atomic mass is 9.94. The molecule has 1 amide bonds. The molecule has 2 heteroatoms. The molecule has 70 valence electrons.